The van der Waals surface area contributed by atoms with Crippen LogP contribution in [-0.4, -0.2) is 79.4 Å². The number of aliphatic imine (C=N–C) groups is 1. The molecule has 0 unspecified atom stereocenters. The average molecular weight is 437 g/mol. The molecule has 0 aliphatic carbocycles. The van der Waals surface area contributed by atoms with Gasteiger partial charge < -0.3 is 25.1 Å². The molecule has 0 fully saturated rings. The Balaban J connectivity index is 0.000000270. The van der Waals surface area contributed by atoms with E-state index >= 15 is 0 Å². The quantitative estimate of drug-likeness (QED) is 0.539. The number of nitrogens with zero attached hydrogens (tertiary/aromatic N) is 4. The Bertz CT molecular complexity index is 634. The molecule has 1 radical (unpaired) electrons. The van der Waals surface area contributed by atoms with Crippen molar-refractivity contribution in [3.8, 4) is 0 Å². The number of likely N-dealkylation sites (N-methyl/N-ethyl adjacent to an activating group) is 1. The Morgan fingerprint density at radius 1 is 1.15 bits per heavy atom. The number of ether oxygens (including phenoxy) is 2. The standard InChI is InChI=1S/C9H13N4O2.C7H9NO2.Y/c1-12-6-4-3-5-13(9(14)15-2)7(6)11-8(12)10;1-10-7(9)8-5-3-2-4-6-8;/h3-4,6-7H,5H2,1-2H3,(H-,10,11);2-5H,6H2,1H3;/q-1;;/t6-,7+;;/m1../s1. The van der Waals surface area contributed by atoms with E-state index in [0.29, 0.717) is 13.1 Å². The number of carbonyl (C=O) groups excluding carboxylic acids is 2. The molecule has 0 saturated carbocycles. The van der Waals surface area contributed by atoms with Gasteiger partial charge >= 0.3 is 12.2 Å². The number of allylic oxidation sites excluding steroid dienone is 2. The predicted octanol–water partition coefficient (Wildman–Crippen LogP) is 1.81. The molecule has 0 aromatic carbocycles. The van der Waals surface area contributed by atoms with Crippen LogP contribution in [0, 0.1) is 0 Å². The topological polar surface area (TPSA) is 98.5 Å². The van der Waals surface area contributed by atoms with Gasteiger partial charge in [-0.25, -0.2) is 9.59 Å². The molecule has 10 heteroatoms. The van der Waals surface area contributed by atoms with Gasteiger partial charge in [-0.1, -0.05) is 24.3 Å². The molecule has 0 aromatic heterocycles. The van der Waals surface area contributed by atoms with Crippen molar-refractivity contribution in [2.45, 2.75) is 12.2 Å². The van der Waals surface area contributed by atoms with Crippen molar-refractivity contribution in [1.29, 1.82) is 0 Å². The second kappa shape index (κ2) is 10.3. The van der Waals surface area contributed by atoms with Crippen LogP contribution in [0.3, 0.4) is 0 Å². The third-order valence-corrected chi connectivity index (χ3v) is 3.93. The van der Waals surface area contributed by atoms with E-state index in [1.165, 1.54) is 24.0 Å². The SMILES string of the molecule is COC(=O)N1C=CC=CC1.COC(=O)N1CC=C[C@@H]2[C@H]1N=C([NH-])N2C.[Y]. The summed E-state index contributed by atoms with van der Waals surface area (Å²) in [5.74, 6) is 0.199. The Kier molecular flexibility index (Phi) is 8.80. The fraction of sp³-hybridized carbons (Fsp3) is 0.438. The number of fused-ring (bicyclic) bond motifs is 1. The molecular weight excluding hydrogens is 415 g/mol. The van der Waals surface area contributed by atoms with Gasteiger partial charge in [0.25, 0.3) is 0 Å². The Morgan fingerprint density at radius 2 is 1.85 bits per heavy atom. The maximum atomic E-state index is 11.4. The first-order valence-corrected chi connectivity index (χ1v) is 7.71. The average Bonchev–Trinajstić information content (AvgIpc) is 2.96. The van der Waals surface area contributed by atoms with E-state index in [1.54, 1.807) is 24.2 Å². The summed E-state index contributed by atoms with van der Waals surface area (Å²) in [5.41, 5.74) is 7.58. The molecule has 2 amide bonds. The van der Waals surface area contributed by atoms with E-state index in [-0.39, 0.29) is 57.0 Å². The molecule has 9 nitrogen and oxygen atoms in total. The van der Waals surface area contributed by atoms with E-state index in [4.69, 9.17) is 5.73 Å². The van der Waals surface area contributed by atoms with E-state index in [9.17, 15) is 9.59 Å². The van der Waals surface area contributed by atoms with Gasteiger partial charge in [0.15, 0.2) is 0 Å². The number of methoxy groups -OCH3 is 2. The maximum absolute atomic E-state index is 11.4. The van der Waals surface area contributed by atoms with Gasteiger partial charge in [0.1, 0.15) is 0 Å². The first-order valence-electron chi connectivity index (χ1n) is 7.71. The van der Waals surface area contributed by atoms with Crippen molar-refractivity contribution in [3.63, 3.8) is 0 Å². The zero-order chi connectivity index (χ0) is 18.4. The van der Waals surface area contributed by atoms with Gasteiger partial charge in [-0.2, -0.15) is 0 Å². The summed E-state index contributed by atoms with van der Waals surface area (Å²) in [5, 5.41) is 0. The summed E-state index contributed by atoms with van der Waals surface area (Å²) in [4.78, 5) is 31.1. The Morgan fingerprint density at radius 3 is 2.42 bits per heavy atom. The third kappa shape index (κ3) is 5.08. The number of rotatable bonds is 0. The molecular formula is C16H22N5O4Y-. The van der Waals surface area contributed by atoms with Crippen LogP contribution in [0.5, 0.6) is 0 Å². The molecule has 26 heavy (non-hydrogen) atoms. The van der Waals surface area contributed by atoms with Crippen LogP contribution < -0.4 is 0 Å². The molecule has 2 atom stereocenters. The van der Waals surface area contributed by atoms with Crippen LogP contribution in [0.25, 0.3) is 5.73 Å². The molecule has 3 rings (SSSR count). The van der Waals surface area contributed by atoms with Crippen LogP contribution >= 0.6 is 0 Å². The summed E-state index contributed by atoms with van der Waals surface area (Å²) in [7, 11) is 4.51. The first kappa shape index (κ1) is 22.2. The van der Waals surface area contributed by atoms with Crippen molar-refractivity contribution in [3.05, 3.63) is 42.3 Å². The first-order chi connectivity index (χ1) is 12.0. The number of guanidine groups is 1. The van der Waals surface area contributed by atoms with Crippen LogP contribution in [0.4, 0.5) is 9.59 Å². The molecule has 0 aromatic rings. The summed E-state index contributed by atoms with van der Waals surface area (Å²) in [6.45, 7) is 1.08. The number of carbonyl (C=O) groups is 2. The maximum Gasteiger partial charge on any atom is 0.413 e. The smallest absolute Gasteiger partial charge is 0.413 e. The fourth-order valence-electron chi connectivity index (χ4n) is 2.56. The summed E-state index contributed by atoms with van der Waals surface area (Å²) in [6, 6.07) is -0.0367. The van der Waals surface area contributed by atoms with Crippen LogP contribution in [0.2, 0.25) is 0 Å². The van der Waals surface area contributed by atoms with Crippen molar-refractivity contribution < 1.29 is 51.8 Å². The molecule has 0 spiro atoms. The zero-order valence-corrected chi connectivity index (χ0v) is 17.9. The van der Waals surface area contributed by atoms with Crippen LogP contribution in [0.1, 0.15) is 0 Å². The minimum atomic E-state index is -0.402. The van der Waals surface area contributed by atoms with Gasteiger partial charge in [-0.3, -0.25) is 9.80 Å². The minimum absolute atomic E-state index is 0. The number of hydrogen-bond donors (Lipinski definition) is 0. The number of hydrogen-bond acceptors (Lipinski definition) is 6. The van der Waals surface area contributed by atoms with Crippen molar-refractivity contribution in [1.82, 2.24) is 14.7 Å². The third-order valence-electron chi connectivity index (χ3n) is 3.93. The normalized spacial score (nSPS) is 22.6. The number of nitrogens with one attached hydrogen (secondary N) is 1. The van der Waals surface area contributed by atoms with Crippen LogP contribution in [0.15, 0.2) is 41.6 Å². The largest absolute Gasteiger partial charge is 0.453 e. The predicted molar refractivity (Wildman–Crippen MR) is 92.7 cm³/mol. The van der Waals surface area contributed by atoms with E-state index < -0.39 is 6.09 Å². The monoisotopic (exact) mass is 437 g/mol. The van der Waals surface area contributed by atoms with Crippen molar-refractivity contribution in [2.24, 2.45) is 4.99 Å². The van der Waals surface area contributed by atoms with Gasteiger partial charge in [0.05, 0.1) is 20.4 Å². The second-order valence-corrected chi connectivity index (χ2v) is 5.41. The Hall–Kier alpha value is -1.87. The van der Waals surface area contributed by atoms with E-state index in [1.807, 2.05) is 24.3 Å². The van der Waals surface area contributed by atoms with E-state index in [0.717, 1.165) is 0 Å². The molecule has 139 valence electrons. The van der Waals surface area contributed by atoms with Gasteiger partial charge in [-0.15, -0.1) is 0 Å². The number of amides is 2. The van der Waals surface area contributed by atoms with Crippen LogP contribution in [-0.2, 0) is 42.2 Å². The molecule has 3 aliphatic heterocycles. The second-order valence-electron chi connectivity index (χ2n) is 5.41. The van der Waals surface area contributed by atoms with E-state index in [2.05, 4.69) is 14.5 Å². The van der Waals surface area contributed by atoms with Crippen molar-refractivity contribution >= 4 is 18.1 Å². The summed E-state index contributed by atoms with van der Waals surface area (Å²) < 4.78 is 9.16. The zero-order valence-electron chi connectivity index (χ0n) is 15.0. The Labute approximate surface area is 178 Å². The molecule has 3 aliphatic rings. The van der Waals surface area contributed by atoms with Gasteiger partial charge in [-0.05, 0) is 13.1 Å². The fourth-order valence-corrected chi connectivity index (χ4v) is 2.56. The molecule has 0 bridgehead atoms. The van der Waals surface area contributed by atoms with Gasteiger partial charge in [0.2, 0.25) is 0 Å². The minimum Gasteiger partial charge on any atom is -0.453 e. The summed E-state index contributed by atoms with van der Waals surface area (Å²) >= 11 is 0. The molecule has 3 heterocycles. The summed E-state index contributed by atoms with van der Waals surface area (Å²) in [6.07, 6.45) is 10.1. The van der Waals surface area contributed by atoms with Gasteiger partial charge in [0, 0.05) is 64.0 Å². The molecule has 0 saturated heterocycles. The van der Waals surface area contributed by atoms with Crippen molar-refractivity contribution in [2.75, 3.05) is 34.4 Å². The molecule has 1 N–H and O–H groups in total.